The summed E-state index contributed by atoms with van der Waals surface area (Å²) in [5.41, 5.74) is 7.15. The van der Waals surface area contributed by atoms with Crippen LogP contribution in [0.5, 0.6) is 0 Å². The minimum Gasteiger partial charge on any atom is -0.457 e. The minimum absolute atomic E-state index is 0.0492. The second-order valence-electron chi connectivity index (χ2n) is 3.78. The van der Waals surface area contributed by atoms with Gasteiger partial charge in [-0.05, 0) is 33.8 Å². The van der Waals surface area contributed by atoms with Gasteiger partial charge < -0.3 is 10.2 Å². The smallest absolute Gasteiger partial charge is 0.173 e. The van der Waals surface area contributed by atoms with Crippen LogP contribution in [-0.2, 0) is 0 Å². The lowest BCUT2D eigenvalue weighted by atomic mass is 9.88. The van der Waals surface area contributed by atoms with E-state index in [0.717, 1.165) is 10.2 Å². The van der Waals surface area contributed by atoms with Gasteiger partial charge in [-0.1, -0.05) is 20.8 Å². The standard InChI is InChI=1S/C10H16BrNO/c1-6(2)7(3)9(12)8-4-5-13-10(8)11/h4-7,9H,12H2,1-3H3. The van der Waals surface area contributed by atoms with Gasteiger partial charge in [0.05, 0.1) is 6.26 Å². The van der Waals surface area contributed by atoms with Crippen LogP contribution in [0, 0.1) is 11.8 Å². The monoisotopic (exact) mass is 245 g/mol. The van der Waals surface area contributed by atoms with Crippen molar-refractivity contribution in [3.05, 3.63) is 22.6 Å². The SMILES string of the molecule is CC(C)C(C)C(N)c1ccoc1Br. The highest BCUT2D eigenvalue weighted by atomic mass is 79.9. The highest BCUT2D eigenvalue weighted by Crippen LogP contribution is 2.30. The first-order valence-corrected chi connectivity index (χ1v) is 5.31. The molecule has 2 unspecified atom stereocenters. The van der Waals surface area contributed by atoms with Gasteiger partial charge in [0, 0.05) is 11.6 Å². The average molecular weight is 246 g/mol. The Bertz CT molecular complexity index is 270. The molecule has 0 aromatic carbocycles. The molecule has 3 heteroatoms. The summed E-state index contributed by atoms with van der Waals surface area (Å²) in [6, 6.07) is 1.97. The van der Waals surface area contributed by atoms with E-state index in [1.54, 1.807) is 6.26 Å². The lowest BCUT2D eigenvalue weighted by Crippen LogP contribution is -2.22. The molecule has 0 bridgehead atoms. The van der Waals surface area contributed by atoms with E-state index in [4.69, 9.17) is 10.2 Å². The normalized spacial score (nSPS) is 16.2. The van der Waals surface area contributed by atoms with Gasteiger partial charge in [-0.3, -0.25) is 0 Å². The lowest BCUT2D eigenvalue weighted by molar-refractivity contribution is 0.349. The summed E-state index contributed by atoms with van der Waals surface area (Å²) in [6.07, 6.45) is 1.66. The van der Waals surface area contributed by atoms with Crippen LogP contribution in [0.4, 0.5) is 0 Å². The third-order valence-corrected chi connectivity index (χ3v) is 3.27. The van der Waals surface area contributed by atoms with E-state index >= 15 is 0 Å². The molecule has 1 aromatic rings. The molecule has 74 valence electrons. The van der Waals surface area contributed by atoms with E-state index in [1.807, 2.05) is 6.07 Å². The fourth-order valence-electron chi connectivity index (χ4n) is 1.24. The molecule has 0 saturated heterocycles. The summed E-state index contributed by atoms with van der Waals surface area (Å²) in [5, 5.41) is 0. The second-order valence-corrected chi connectivity index (χ2v) is 4.50. The number of rotatable bonds is 3. The molecule has 13 heavy (non-hydrogen) atoms. The molecule has 1 heterocycles. The summed E-state index contributed by atoms with van der Waals surface area (Å²) < 4.78 is 5.91. The Morgan fingerprint density at radius 1 is 1.38 bits per heavy atom. The highest BCUT2D eigenvalue weighted by molar-refractivity contribution is 9.10. The molecular weight excluding hydrogens is 230 g/mol. The molecule has 0 spiro atoms. The van der Waals surface area contributed by atoms with Crippen molar-refractivity contribution in [2.45, 2.75) is 26.8 Å². The minimum atomic E-state index is 0.0492. The average Bonchev–Trinajstić information content (AvgIpc) is 2.48. The number of furan rings is 1. The van der Waals surface area contributed by atoms with Crippen LogP contribution in [0.25, 0.3) is 0 Å². The van der Waals surface area contributed by atoms with Crippen molar-refractivity contribution in [1.82, 2.24) is 0 Å². The van der Waals surface area contributed by atoms with Gasteiger partial charge in [0.2, 0.25) is 0 Å². The molecular formula is C10H16BrNO. The lowest BCUT2D eigenvalue weighted by Gasteiger charge is -2.22. The van der Waals surface area contributed by atoms with Crippen LogP contribution in [0.2, 0.25) is 0 Å². The number of halogens is 1. The van der Waals surface area contributed by atoms with E-state index in [2.05, 4.69) is 36.7 Å². The van der Waals surface area contributed by atoms with Crippen LogP contribution in [0.15, 0.2) is 21.4 Å². The maximum atomic E-state index is 6.09. The molecule has 0 aliphatic rings. The first-order chi connectivity index (χ1) is 6.04. The van der Waals surface area contributed by atoms with Gasteiger partial charge in [0.1, 0.15) is 0 Å². The molecule has 0 amide bonds. The van der Waals surface area contributed by atoms with Crippen LogP contribution >= 0.6 is 15.9 Å². The maximum absolute atomic E-state index is 6.09. The van der Waals surface area contributed by atoms with Crippen LogP contribution < -0.4 is 5.73 Å². The zero-order valence-electron chi connectivity index (χ0n) is 8.25. The maximum Gasteiger partial charge on any atom is 0.173 e. The Morgan fingerprint density at radius 3 is 2.38 bits per heavy atom. The Morgan fingerprint density at radius 2 is 2.00 bits per heavy atom. The third-order valence-electron chi connectivity index (χ3n) is 2.62. The van der Waals surface area contributed by atoms with E-state index in [1.165, 1.54) is 0 Å². The zero-order chi connectivity index (χ0) is 10.0. The molecule has 1 rings (SSSR count). The molecule has 0 aliphatic carbocycles. The molecule has 2 atom stereocenters. The van der Waals surface area contributed by atoms with Gasteiger partial charge >= 0.3 is 0 Å². The largest absolute Gasteiger partial charge is 0.457 e. The summed E-state index contributed by atoms with van der Waals surface area (Å²) in [6.45, 7) is 6.52. The first kappa shape index (κ1) is 10.8. The molecule has 1 aromatic heterocycles. The van der Waals surface area contributed by atoms with Gasteiger partial charge in [-0.2, -0.15) is 0 Å². The predicted octanol–water partition coefficient (Wildman–Crippen LogP) is 3.33. The number of hydrogen-bond donors (Lipinski definition) is 1. The van der Waals surface area contributed by atoms with Crippen LogP contribution in [0.3, 0.4) is 0 Å². The van der Waals surface area contributed by atoms with Gasteiger partial charge in [-0.25, -0.2) is 0 Å². The Kier molecular flexibility index (Phi) is 3.56. The van der Waals surface area contributed by atoms with Crippen molar-refractivity contribution < 1.29 is 4.42 Å². The Hall–Kier alpha value is -0.280. The summed E-state index contributed by atoms with van der Waals surface area (Å²) in [4.78, 5) is 0. The number of nitrogens with two attached hydrogens (primary N) is 1. The predicted molar refractivity (Wildman–Crippen MR) is 57.3 cm³/mol. The third kappa shape index (κ3) is 2.35. The van der Waals surface area contributed by atoms with Crippen molar-refractivity contribution in [3.8, 4) is 0 Å². The van der Waals surface area contributed by atoms with Gasteiger partial charge in [0.25, 0.3) is 0 Å². The van der Waals surface area contributed by atoms with Crippen molar-refractivity contribution in [1.29, 1.82) is 0 Å². The summed E-state index contributed by atoms with van der Waals surface area (Å²) in [7, 11) is 0. The molecule has 0 radical (unpaired) electrons. The molecule has 2 nitrogen and oxygen atoms in total. The quantitative estimate of drug-likeness (QED) is 0.888. The fraction of sp³-hybridized carbons (Fsp3) is 0.600. The summed E-state index contributed by atoms with van der Waals surface area (Å²) in [5.74, 6) is 1.03. The Labute approximate surface area is 87.6 Å². The first-order valence-electron chi connectivity index (χ1n) is 4.52. The van der Waals surface area contributed by atoms with Crippen LogP contribution in [-0.4, -0.2) is 0 Å². The zero-order valence-corrected chi connectivity index (χ0v) is 9.84. The molecule has 0 saturated carbocycles. The Balaban J connectivity index is 2.79. The topological polar surface area (TPSA) is 39.2 Å². The highest BCUT2D eigenvalue weighted by Gasteiger charge is 2.21. The van der Waals surface area contributed by atoms with Gasteiger partial charge in [0.15, 0.2) is 4.67 Å². The van der Waals surface area contributed by atoms with Crippen molar-refractivity contribution in [2.24, 2.45) is 17.6 Å². The van der Waals surface area contributed by atoms with E-state index in [-0.39, 0.29) is 6.04 Å². The number of hydrogen-bond acceptors (Lipinski definition) is 2. The van der Waals surface area contributed by atoms with E-state index in [0.29, 0.717) is 11.8 Å². The van der Waals surface area contributed by atoms with Crippen molar-refractivity contribution >= 4 is 15.9 Å². The molecule has 2 N–H and O–H groups in total. The molecule has 0 fully saturated rings. The van der Waals surface area contributed by atoms with Crippen molar-refractivity contribution in [2.75, 3.05) is 0 Å². The van der Waals surface area contributed by atoms with Crippen LogP contribution in [0.1, 0.15) is 32.4 Å². The second kappa shape index (κ2) is 4.29. The fourth-order valence-corrected chi connectivity index (χ4v) is 1.75. The van der Waals surface area contributed by atoms with E-state index < -0.39 is 0 Å². The summed E-state index contributed by atoms with van der Waals surface area (Å²) >= 11 is 3.34. The van der Waals surface area contributed by atoms with Gasteiger partial charge in [-0.15, -0.1) is 0 Å². The van der Waals surface area contributed by atoms with Crippen molar-refractivity contribution in [3.63, 3.8) is 0 Å². The van der Waals surface area contributed by atoms with E-state index in [9.17, 15) is 0 Å². The molecule has 0 aliphatic heterocycles.